The third kappa shape index (κ3) is 3.06. The number of benzene rings is 1. The van der Waals surface area contributed by atoms with Gasteiger partial charge in [-0.2, -0.15) is 0 Å². The molecule has 0 bridgehead atoms. The summed E-state index contributed by atoms with van der Waals surface area (Å²) in [4.78, 5) is 25.6. The van der Waals surface area contributed by atoms with Crippen molar-refractivity contribution >= 4 is 17.5 Å². The maximum atomic E-state index is 12.3. The first-order chi connectivity index (χ1) is 9.84. The minimum absolute atomic E-state index is 0.0777. The molecule has 2 rings (SSSR count). The molecule has 3 N–H and O–H groups in total. The van der Waals surface area contributed by atoms with Gasteiger partial charge in [0, 0.05) is 31.4 Å². The molecule has 0 radical (unpaired) electrons. The monoisotopic (exact) mass is 291 g/mol. The van der Waals surface area contributed by atoms with Crippen molar-refractivity contribution in [3.63, 3.8) is 0 Å². The second kappa shape index (κ2) is 5.83. The van der Waals surface area contributed by atoms with E-state index in [-0.39, 0.29) is 17.9 Å². The molecule has 6 nitrogen and oxygen atoms in total. The van der Waals surface area contributed by atoms with Gasteiger partial charge >= 0.3 is 0 Å². The second-order valence-corrected chi connectivity index (χ2v) is 5.77. The highest BCUT2D eigenvalue weighted by Gasteiger charge is 2.44. The minimum Gasteiger partial charge on any atom is -0.379 e. The lowest BCUT2D eigenvalue weighted by atomic mass is 9.85. The molecule has 1 aromatic rings. The van der Waals surface area contributed by atoms with Crippen LogP contribution in [0, 0.1) is 5.41 Å². The van der Waals surface area contributed by atoms with Gasteiger partial charge in [0.2, 0.25) is 5.91 Å². The fraction of sp³-hybridized carbons (Fsp3) is 0.467. The van der Waals surface area contributed by atoms with Crippen LogP contribution in [0.3, 0.4) is 0 Å². The smallest absolute Gasteiger partial charge is 0.253 e. The number of anilines is 1. The van der Waals surface area contributed by atoms with Crippen LogP contribution >= 0.6 is 0 Å². The standard InChI is InChI=1S/C15H21N3O3/c1-15(9-21-8-12(15)16)14(20)17-11-6-4-10(5-7-11)13(19)18(2)3/h4-7,12H,8-9,16H2,1-3H3,(H,17,20). The van der Waals surface area contributed by atoms with Gasteiger partial charge in [-0.3, -0.25) is 9.59 Å². The van der Waals surface area contributed by atoms with Crippen molar-refractivity contribution in [1.82, 2.24) is 4.90 Å². The number of hydrogen-bond donors (Lipinski definition) is 2. The number of nitrogens with one attached hydrogen (secondary N) is 1. The number of rotatable bonds is 3. The van der Waals surface area contributed by atoms with Crippen molar-refractivity contribution < 1.29 is 14.3 Å². The van der Waals surface area contributed by atoms with Crippen LogP contribution in [0.15, 0.2) is 24.3 Å². The van der Waals surface area contributed by atoms with Gasteiger partial charge in [0.25, 0.3) is 5.91 Å². The summed E-state index contributed by atoms with van der Waals surface area (Å²) < 4.78 is 5.27. The van der Waals surface area contributed by atoms with Gasteiger partial charge in [-0.05, 0) is 31.2 Å². The molecule has 6 heteroatoms. The van der Waals surface area contributed by atoms with Crippen LogP contribution in [0.2, 0.25) is 0 Å². The predicted molar refractivity (Wildman–Crippen MR) is 80.0 cm³/mol. The SMILES string of the molecule is CN(C)C(=O)c1ccc(NC(=O)C2(C)COCC2N)cc1. The van der Waals surface area contributed by atoms with Crippen molar-refractivity contribution in [2.75, 3.05) is 32.6 Å². The number of hydrogen-bond acceptors (Lipinski definition) is 4. The average molecular weight is 291 g/mol. The zero-order chi connectivity index (χ0) is 15.6. The van der Waals surface area contributed by atoms with Gasteiger partial charge < -0.3 is 20.7 Å². The highest BCUT2D eigenvalue weighted by molar-refractivity contribution is 5.97. The predicted octanol–water partition coefficient (Wildman–Crippen LogP) is 0.691. The maximum absolute atomic E-state index is 12.3. The normalized spacial score (nSPS) is 24.7. The molecule has 0 aromatic heterocycles. The Morgan fingerprint density at radius 3 is 2.43 bits per heavy atom. The molecule has 2 amide bonds. The maximum Gasteiger partial charge on any atom is 0.253 e. The zero-order valence-corrected chi connectivity index (χ0v) is 12.6. The summed E-state index contributed by atoms with van der Waals surface area (Å²) in [7, 11) is 3.39. The Morgan fingerprint density at radius 2 is 1.95 bits per heavy atom. The summed E-state index contributed by atoms with van der Waals surface area (Å²) in [6.45, 7) is 2.50. The fourth-order valence-corrected chi connectivity index (χ4v) is 2.15. The number of nitrogens with zero attached hydrogens (tertiary/aromatic N) is 1. The van der Waals surface area contributed by atoms with Crippen LogP contribution in [0.25, 0.3) is 0 Å². The number of carbonyl (C=O) groups is 2. The quantitative estimate of drug-likeness (QED) is 0.858. The highest BCUT2D eigenvalue weighted by Crippen LogP contribution is 2.28. The van der Waals surface area contributed by atoms with Crippen molar-refractivity contribution in [3.8, 4) is 0 Å². The first-order valence-corrected chi connectivity index (χ1v) is 6.81. The average Bonchev–Trinajstić information content (AvgIpc) is 2.80. The molecule has 1 fully saturated rings. The number of carbonyl (C=O) groups excluding carboxylic acids is 2. The van der Waals surface area contributed by atoms with E-state index in [9.17, 15) is 9.59 Å². The van der Waals surface area contributed by atoms with Crippen LogP contribution < -0.4 is 11.1 Å². The van der Waals surface area contributed by atoms with Gasteiger partial charge in [-0.25, -0.2) is 0 Å². The molecular formula is C15H21N3O3. The van der Waals surface area contributed by atoms with E-state index in [2.05, 4.69) is 5.32 Å². The van der Waals surface area contributed by atoms with E-state index < -0.39 is 5.41 Å². The molecule has 1 heterocycles. The van der Waals surface area contributed by atoms with Crippen molar-refractivity contribution in [3.05, 3.63) is 29.8 Å². The molecule has 0 aliphatic carbocycles. The van der Waals surface area contributed by atoms with E-state index in [4.69, 9.17) is 10.5 Å². The van der Waals surface area contributed by atoms with Crippen molar-refractivity contribution in [1.29, 1.82) is 0 Å². The lowest BCUT2D eigenvalue weighted by Crippen LogP contribution is -2.47. The third-order valence-corrected chi connectivity index (χ3v) is 3.83. The molecule has 1 aromatic carbocycles. The van der Waals surface area contributed by atoms with E-state index in [0.29, 0.717) is 24.5 Å². The Kier molecular flexibility index (Phi) is 4.29. The highest BCUT2D eigenvalue weighted by atomic mass is 16.5. The van der Waals surface area contributed by atoms with Gasteiger partial charge in [0.15, 0.2) is 0 Å². The Morgan fingerprint density at radius 1 is 1.33 bits per heavy atom. The van der Waals surface area contributed by atoms with Crippen LogP contribution in [-0.2, 0) is 9.53 Å². The van der Waals surface area contributed by atoms with Crippen LogP contribution in [-0.4, -0.2) is 50.1 Å². The summed E-state index contributed by atoms with van der Waals surface area (Å²) in [5.41, 5.74) is 6.41. The summed E-state index contributed by atoms with van der Waals surface area (Å²) in [6, 6.07) is 6.47. The number of ether oxygens (including phenoxy) is 1. The molecule has 21 heavy (non-hydrogen) atoms. The van der Waals surface area contributed by atoms with Crippen LogP contribution in [0.4, 0.5) is 5.69 Å². The van der Waals surface area contributed by atoms with E-state index in [1.54, 1.807) is 45.3 Å². The number of amides is 2. The van der Waals surface area contributed by atoms with Crippen molar-refractivity contribution in [2.45, 2.75) is 13.0 Å². The lowest BCUT2D eigenvalue weighted by Gasteiger charge is -2.25. The van der Waals surface area contributed by atoms with Crippen LogP contribution in [0.5, 0.6) is 0 Å². The molecule has 1 aliphatic heterocycles. The van der Waals surface area contributed by atoms with Gasteiger partial charge in [-0.15, -0.1) is 0 Å². The first-order valence-electron chi connectivity index (χ1n) is 6.81. The van der Waals surface area contributed by atoms with Gasteiger partial charge in [0.1, 0.15) is 0 Å². The molecule has 0 spiro atoms. The molecule has 114 valence electrons. The molecular weight excluding hydrogens is 270 g/mol. The van der Waals surface area contributed by atoms with Gasteiger partial charge in [0.05, 0.1) is 18.6 Å². The summed E-state index contributed by atoms with van der Waals surface area (Å²) in [6.07, 6.45) is 0. The number of nitrogens with two attached hydrogens (primary N) is 1. The zero-order valence-electron chi connectivity index (χ0n) is 12.6. The first kappa shape index (κ1) is 15.5. The van der Waals surface area contributed by atoms with E-state index in [0.717, 1.165) is 0 Å². The summed E-state index contributed by atoms with van der Waals surface area (Å²) in [5.74, 6) is -0.245. The Hall–Kier alpha value is -1.92. The largest absolute Gasteiger partial charge is 0.379 e. The molecule has 1 aliphatic rings. The molecule has 2 atom stereocenters. The fourth-order valence-electron chi connectivity index (χ4n) is 2.15. The summed E-state index contributed by atoms with van der Waals surface area (Å²) in [5, 5.41) is 2.83. The van der Waals surface area contributed by atoms with Crippen LogP contribution in [0.1, 0.15) is 17.3 Å². The minimum atomic E-state index is -0.724. The Balaban J connectivity index is 2.07. The third-order valence-electron chi connectivity index (χ3n) is 3.83. The van der Waals surface area contributed by atoms with E-state index in [1.807, 2.05) is 0 Å². The second-order valence-electron chi connectivity index (χ2n) is 5.77. The lowest BCUT2D eigenvalue weighted by molar-refractivity contribution is -0.125. The molecule has 0 saturated carbocycles. The molecule has 2 unspecified atom stereocenters. The van der Waals surface area contributed by atoms with E-state index in [1.165, 1.54) is 4.90 Å². The summed E-state index contributed by atoms with van der Waals surface area (Å²) >= 11 is 0. The Bertz CT molecular complexity index is 542. The Labute approximate surface area is 124 Å². The topological polar surface area (TPSA) is 84.7 Å². The molecule has 1 saturated heterocycles. The van der Waals surface area contributed by atoms with Crippen molar-refractivity contribution in [2.24, 2.45) is 11.1 Å². The van der Waals surface area contributed by atoms with E-state index >= 15 is 0 Å². The van der Waals surface area contributed by atoms with Gasteiger partial charge in [-0.1, -0.05) is 0 Å².